The summed E-state index contributed by atoms with van der Waals surface area (Å²) in [4.78, 5) is 21.3. The van der Waals surface area contributed by atoms with Crippen LogP contribution in [0.1, 0.15) is 28.4 Å². The maximum atomic E-state index is 12.1. The highest BCUT2D eigenvalue weighted by Gasteiger charge is 2.18. The fourth-order valence-electron chi connectivity index (χ4n) is 2.40. The number of carbonyl (C=O) groups is 1. The van der Waals surface area contributed by atoms with Gasteiger partial charge in [-0.15, -0.1) is 11.3 Å². The first kappa shape index (κ1) is 16.4. The Morgan fingerprint density at radius 3 is 2.62 bits per heavy atom. The molecule has 0 bridgehead atoms. The molecule has 0 saturated carbocycles. The Labute approximate surface area is 144 Å². The van der Waals surface area contributed by atoms with Gasteiger partial charge < -0.3 is 5.11 Å². The van der Waals surface area contributed by atoms with Gasteiger partial charge in [0, 0.05) is 30.4 Å². The number of pyridine rings is 1. The van der Waals surface area contributed by atoms with Crippen molar-refractivity contribution < 1.29 is 9.90 Å². The lowest BCUT2D eigenvalue weighted by Gasteiger charge is -2.10. The van der Waals surface area contributed by atoms with Crippen molar-refractivity contribution in [3.8, 4) is 21.8 Å². The Bertz CT molecular complexity index is 862. The monoisotopic (exact) mass is 339 g/mol. The van der Waals surface area contributed by atoms with Crippen molar-refractivity contribution in [3.05, 3.63) is 59.2 Å². The minimum atomic E-state index is -0.760. The Morgan fingerprint density at radius 1 is 1.21 bits per heavy atom. The molecule has 3 rings (SSSR count). The predicted octanol–water partition coefficient (Wildman–Crippen LogP) is 3.29. The standard InChI is InChI=1S/C18H17N3O2S/c1-11(22)16-15(13-4-3-5-14(10-13)17(23)19-2)21-18(24-16)12-6-8-20-9-7-12/h3-10,17,19,23H,1-2H3. The zero-order chi connectivity index (χ0) is 17.1. The number of Topliss-reactive ketones (excluding diaryl/α,β-unsaturated/α-hetero) is 1. The number of aliphatic hydroxyl groups excluding tert-OH is 1. The van der Waals surface area contributed by atoms with Crippen molar-refractivity contribution in [1.82, 2.24) is 15.3 Å². The summed E-state index contributed by atoms with van der Waals surface area (Å²) >= 11 is 1.37. The van der Waals surface area contributed by atoms with Crippen LogP contribution in [0.15, 0.2) is 48.8 Å². The highest BCUT2D eigenvalue weighted by atomic mass is 32.1. The summed E-state index contributed by atoms with van der Waals surface area (Å²) in [5.41, 5.74) is 3.10. The van der Waals surface area contributed by atoms with E-state index in [2.05, 4.69) is 15.3 Å². The summed E-state index contributed by atoms with van der Waals surface area (Å²) < 4.78 is 0. The summed E-state index contributed by atoms with van der Waals surface area (Å²) in [6.07, 6.45) is 2.64. The van der Waals surface area contributed by atoms with Crippen molar-refractivity contribution in [2.75, 3.05) is 7.05 Å². The number of carbonyl (C=O) groups excluding carboxylic acids is 1. The average Bonchev–Trinajstić information content (AvgIpc) is 3.07. The van der Waals surface area contributed by atoms with E-state index in [0.29, 0.717) is 10.6 Å². The van der Waals surface area contributed by atoms with Crippen LogP contribution in [0.5, 0.6) is 0 Å². The van der Waals surface area contributed by atoms with Crippen molar-refractivity contribution in [1.29, 1.82) is 0 Å². The number of ketones is 1. The van der Waals surface area contributed by atoms with Gasteiger partial charge in [0.15, 0.2) is 5.78 Å². The second kappa shape index (κ2) is 7.00. The molecule has 1 atom stereocenters. The molecular formula is C18H17N3O2S. The molecule has 122 valence electrons. The fraction of sp³-hybridized carbons (Fsp3) is 0.167. The van der Waals surface area contributed by atoms with E-state index >= 15 is 0 Å². The van der Waals surface area contributed by atoms with Crippen LogP contribution in [-0.4, -0.2) is 27.9 Å². The summed E-state index contributed by atoms with van der Waals surface area (Å²) in [5, 5.41) is 13.5. The van der Waals surface area contributed by atoms with Crippen LogP contribution in [0.4, 0.5) is 0 Å². The molecule has 2 aromatic heterocycles. The SMILES string of the molecule is CNC(O)c1cccc(-c2nc(-c3ccncc3)sc2C(C)=O)c1. The van der Waals surface area contributed by atoms with Crippen LogP contribution in [0.2, 0.25) is 0 Å². The van der Waals surface area contributed by atoms with Crippen molar-refractivity contribution >= 4 is 17.1 Å². The van der Waals surface area contributed by atoms with E-state index in [1.165, 1.54) is 11.3 Å². The molecule has 0 aliphatic rings. The van der Waals surface area contributed by atoms with Crippen LogP contribution in [0.25, 0.3) is 21.8 Å². The quantitative estimate of drug-likeness (QED) is 0.551. The van der Waals surface area contributed by atoms with Gasteiger partial charge in [-0.05, 0) is 30.8 Å². The molecule has 1 unspecified atom stereocenters. The van der Waals surface area contributed by atoms with Crippen LogP contribution >= 0.6 is 11.3 Å². The number of hydrogen-bond acceptors (Lipinski definition) is 6. The zero-order valence-corrected chi connectivity index (χ0v) is 14.2. The largest absolute Gasteiger partial charge is 0.374 e. The lowest BCUT2D eigenvalue weighted by atomic mass is 10.1. The van der Waals surface area contributed by atoms with Crippen molar-refractivity contribution in [2.45, 2.75) is 13.2 Å². The van der Waals surface area contributed by atoms with Crippen LogP contribution in [0.3, 0.4) is 0 Å². The Morgan fingerprint density at radius 2 is 1.96 bits per heavy atom. The van der Waals surface area contributed by atoms with Crippen LogP contribution in [0, 0.1) is 0 Å². The number of nitrogens with one attached hydrogen (secondary N) is 1. The Balaban J connectivity index is 2.10. The van der Waals surface area contributed by atoms with Gasteiger partial charge in [0.1, 0.15) is 11.2 Å². The molecular weight excluding hydrogens is 322 g/mol. The first-order valence-corrected chi connectivity index (χ1v) is 8.29. The summed E-state index contributed by atoms with van der Waals surface area (Å²) in [6.45, 7) is 1.54. The summed E-state index contributed by atoms with van der Waals surface area (Å²) in [7, 11) is 1.68. The van der Waals surface area contributed by atoms with E-state index in [1.807, 2.05) is 36.4 Å². The molecule has 0 fully saturated rings. The average molecular weight is 339 g/mol. The molecule has 6 heteroatoms. The van der Waals surface area contributed by atoms with E-state index < -0.39 is 6.23 Å². The first-order valence-electron chi connectivity index (χ1n) is 7.48. The normalized spacial score (nSPS) is 12.1. The molecule has 24 heavy (non-hydrogen) atoms. The molecule has 2 heterocycles. The van der Waals surface area contributed by atoms with E-state index in [4.69, 9.17) is 0 Å². The van der Waals surface area contributed by atoms with Gasteiger partial charge in [0.25, 0.3) is 0 Å². The number of rotatable bonds is 5. The van der Waals surface area contributed by atoms with Gasteiger partial charge in [0.2, 0.25) is 0 Å². The van der Waals surface area contributed by atoms with Gasteiger partial charge in [-0.3, -0.25) is 15.1 Å². The maximum absolute atomic E-state index is 12.1. The number of thiazole rings is 1. The third-order valence-electron chi connectivity index (χ3n) is 3.62. The van der Waals surface area contributed by atoms with Gasteiger partial charge >= 0.3 is 0 Å². The van der Waals surface area contributed by atoms with E-state index in [0.717, 1.165) is 21.7 Å². The summed E-state index contributed by atoms with van der Waals surface area (Å²) in [6, 6.07) is 11.2. The minimum Gasteiger partial charge on any atom is -0.374 e. The van der Waals surface area contributed by atoms with Crippen LogP contribution < -0.4 is 5.32 Å². The highest BCUT2D eigenvalue weighted by molar-refractivity contribution is 7.17. The topological polar surface area (TPSA) is 75.1 Å². The van der Waals surface area contributed by atoms with Crippen LogP contribution in [-0.2, 0) is 0 Å². The van der Waals surface area contributed by atoms with Gasteiger partial charge in [0.05, 0.1) is 10.6 Å². The van der Waals surface area contributed by atoms with Crippen molar-refractivity contribution in [3.63, 3.8) is 0 Å². The van der Waals surface area contributed by atoms with Gasteiger partial charge in [-0.1, -0.05) is 18.2 Å². The van der Waals surface area contributed by atoms with Crippen molar-refractivity contribution in [2.24, 2.45) is 0 Å². The predicted molar refractivity (Wildman–Crippen MR) is 94.8 cm³/mol. The Hall–Kier alpha value is -2.41. The third-order valence-corrected chi connectivity index (χ3v) is 4.83. The summed E-state index contributed by atoms with van der Waals surface area (Å²) in [5.74, 6) is -0.0256. The van der Waals surface area contributed by atoms with Gasteiger partial charge in [-0.2, -0.15) is 0 Å². The molecule has 5 nitrogen and oxygen atoms in total. The third kappa shape index (κ3) is 3.26. The molecule has 0 radical (unpaired) electrons. The second-order valence-electron chi connectivity index (χ2n) is 5.31. The molecule has 2 N–H and O–H groups in total. The van der Waals surface area contributed by atoms with Gasteiger partial charge in [-0.25, -0.2) is 4.98 Å². The number of benzene rings is 1. The number of aromatic nitrogens is 2. The maximum Gasteiger partial charge on any atom is 0.172 e. The van der Waals surface area contributed by atoms with E-state index in [9.17, 15) is 9.90 Å². The highest BCUT2D eigenvalue weighted by Crippen LogP contribution is 2.34. The number of hydrogen-bond donors (Lipinski definition) is 2. The molecule has 0 spiro atoms. The van der Waals surface area contributed by atoms with E-state index in [-0.39, 0.29) is 5.78 Å². The second-order valence-corrected chi connectivity index (χ2v) is 6.30. The molecule has 3 aromatic rings. The lowest BCUT2D eigenvalue weighted by molar-refractivity contribution is 0.102. The number of nitrogens with zero attached hydrogens (tertiary/aromatic N) is 2. The minimum absolute atomic E-state index is 0.0256. The molecule has 1 aromatic carbocycles. The molecule has 0 saturated heterocycles. The molecule has 0 amide bonds. The molecule has 0 aliphatic heterocycles. The molecule has 0 aliphatic carbocycles. The fourth-order valence-corrected chi connectivity index (χ4v) is 3.38. The Kier molecular flexibility index (Phi) is 4.80. The van der Waals surface area contributed by atoms with E-state index in [1.54, 1.807) is 26.4 Å². The lowest BCUT2D eigenvalue weighted by Crippen LogP contribution is -2.15. The smallest absolute Gasteiger partial charge is 0.172 e. The number of aliphatic hydroxyl groups is 1. The first-order chi connectivity index (χ1) is 11.6. The zero-order valence-electron chi connectivity index (χ0n) is 13.4.